The Labute approximate surface area is 114 Å². The van der Waals surface area contributed by atoms with Gasteiger partial charge in [0.1, 0.15) is 5.82 Å². The first-order valence-corrected chi connectivity index (χ1v) is 7.24. The molecule has 18 heavy (non-hydrogen) atoms. The molecule has 0 radical (unpaired) electrons. The van der Waals surface area contributed by atoms with Crippen molar-refractivity contribution in [2.45, 2.75) is 45.1 Å². The number of hydrogen-bond acceptors (Lipinski definition) is 1. The van der Waals surface area contributed by atoms with Gasteiger partial charge in [0.25, 0.3) is 0 Å². The molecule has 0 aliphatic heterocycles. The Morgan fingerprint density at radius 2 is 2.22 bits per heavy atom. The van der Waals surface area contributed by atoms with E-state index >= 15 is 0 Å². The Morgan fingerprint density at radius 3 is 2.83 bits per heavy atom. The smallest absolute Gasteiger partial charge is 0.124 e. The number of nitrogens with one attached hydrogen (secondary N) is 1. The minimum Gasteiger partial charge on any atom is -0.314 e. The maximum absolute atomic E-state index is 13.0. The lowest BCUT2D eigenvalue weighted by molar-refractivity contribution is 0.437. The molecule has 1 aliphatic carbocycles. The van der Waals surface area contributed by atoms with Gasteiger partial charge in [-0.25, -0.2) is 4.39 Å². The molecule has 1 saturated carbocycles. The van der Waals surface area contributed by atoms with Crippen molar-refractivity contribution < 1.29 is 4.39 Å². The molecule has 0 saturated heterocycles. The SMILES string of the molecule is CCCC(CNC1CC1)Cc1ccc(F)cc1Cl. The molecule has 1 N–H and O–H groups in total. The second-order valence-electron chi connectivity index (χ2n) is 5.28. The molecular formula is C15H21ClFN. The molecule has 1 nitrogen and oxygen atoms in total. The van der Waals surface area contributed by atoms with Crippen molar-refractivity contribution in [2.24, 2.45) is 5.92 Å². The van der Waals surface area contributed by atoms with E-state index in [4.69, 9.17) is 11.6 Å². The third-order valence-corrected chi connectivity index (χ3v) is 3.85. The van der Waals surface area contributed by atoms with Crippen molar-refractivity contribution in [1.29, 1.82) is 0 Å². The normalized spacial score (nSPS) is 16.8. The summed E-state index contributed by atoms with van der Waals surface area (Å²) < 4.78 is 13.0. The first kappa shape index (κ1) is 13.8. The summed E-state index contributed by atoms with van der Waals surface area (Å²) in [7, 11) is 0. The first-order valence-electron chi connectivity index (χ1n) is 6.86. The molecule has 100 valence electrons. The predicted molar refractivity (Wildman–Crippen MR) is 74.5 cm³/mol. The van der Waals surface area contributed by atoms with Crippen LogP contribution in [-0.2, 0) is 6.42 Å². The van der Waals surface area contributed by atoms with Gasteiger partial charge in [-0.15, -0.1) is 0 Å². The van der Waals surface area contributed by atoms with Gasteiger partial charge in [-0.3, -0.25) is 0 Å². The van der Waals surface area contributed by atoms with Gasteiger partial charge in [0.05, 0.1) is 0 Å². The van der Waals surface area contributed by atoms with Gasteiger partial charge in [0, 0.05) is 11.1 Å². The Hall–Kier alpha value is -0.600. The summed E-state index contributed by atoms with van der Waals surface area (Å²) >= 11 is 6.09. The molecule has 0 spiro atoms. The van der Waals surface area contributed by atoms with E-state index in [2.05, 4.69) is 12.2 Å². The van der Waals surface area contributed by atoms with Crippen molar-refractivity contribution in [2.75, 3.05) is 6.54 Å². The Kier molecular flexibility index (Phi) is 5.02. The zero-order valence-electron chi connectivity index (χ0n) is 10.9. The summed E-state index contributed by atoms with van der Waals surface area (Å²) in [4.78, 5) is 0. The molecule has 2 rings (SSSR count). The molecule has 1 atom stereocenters. The Morgan fingerprint density at radius 1 is 1.44 bits per heavy atom. The fourth-order valence-electron chi connectivity index (χ4n) is 2.30. The quantitative estimate of drug-likeness (QED) is 0.783. The highest BCUT2D eigenvalue weighted by Crippen LogP contribution is 2.24. The van der Waals surface area contributed by atoms with Crippen LogP contribution in [0.4, 0.5) is 4.39 Å². The van der Waals surface area contributed by atoms with Crippen molar-refractivity contribution in [3.8, 4) is 0 Å². The zero-order chi connectivity index (χ0) is 13.0. The van der Waals surface area contributed by atoms with Crippen molar-refractivity contribution in [3.63, 3.8) is 0 Å². The van der Waals surface area contributed by atoms with Crippen LogP contribution in [0.1, 0.15) is 38.2 Å². The Balaban J connectivity index is 1.92. The standard InChI is InChI=1S/C15H21ClFN/c1-2-3-11(10-18-14-6-7-14)8-12-4-5-13(17)9-15(12)16/h4-5,9,11,14,18H,2-3,6-8,10H2,1H3. The number of benzene rings is 1. The van der Waals surface area contributed by atoms with Gasteiger partial charge < -0.3 is 5.32 Å². The van der Waals surface area contributed by atoms with Crippen LogP contribution in [0.25, 0.3) is 0 Å². The summed E-state index contributed by atoms with van der Waals surface area (Å²) in [5.41, 5.74) is 1.06. The first-order chi connectivity index (χ1) is 8.69. The van der Waals surface area contributed by atoms with Crippen LogP contribution >= 0.6 is 11.6 Å². The zero-order valence-corrected chi connectivity index (χ0v) is 11.6. The monoisotopic (exact) mass is 269 g/mol. The minimum absolute atomic E-state index is 0.258. The van der Waals surface area contributed by atoms with Gasteiger partial charge in [0.15, 0.2) is 0 Å². The molecule has 0 amide bonds. The van der Waals surface area contributed by atoms with Crippen molar-refractivity contribution in [3.05, 3.63) is 34.6 Å². The number of rotatable bonds is 7. The average Bonchev–Trinajstić information content (AvgIpc) is 3.13. The van der Waals surface area contributed by atoms with Crippen LogP contribution in [0.5, 0.6) is 0 Å². The van der Waals surface area contributed by atoms with Crippen LogP contribution in [0.2, 0.25) is 5.02 Å². The number of hydrogen-bond donors (Lipinski definition) is 1. The van der Waals surface area contributed by atoms with Crippen LogP contribution in [0.3, 0.4) is 0 Å². The van der Waals surface area contributed by atoms with Gasteiger partial charge >= 0.3 is 0 Å². The third-order valence-electron chi connectivity index (χ3n) is 3.49. The van der Waals surface area contributed by atoms with E-state index in [9.17, 15) is 4.39 Å². The van der Waals surface area contributed by atoms with E-state index in [1.54, 1.807) is 0 Å². The van der Waals surface area contributed by atoms with Crippen molar-refractivity contribution in [1.82, 2.24) is 5.32 Å². The Bertz CT molecular complexity index is 390. The van der Waals surface area contributed by atoms with Crippen LogP contribution in [-0.4, -0.2) is 12.6 Å². The number of halogens is 2. The summed E-state index contributed by atoms with van der Waals surface area (Å²) in [6.45, 7) is 3.25. The van der Waals surface area contributed by atoms with Crippen molar-refractivity contribution >= 4 is 11.6 Å². The average molecular weight is 270 g/mol. The van der Waals surface area contributed by atoms with E-state index in [-0.39, 0.29) is 5.82 Å². The molecule has 1 fully saturated rings. The van der Waals surface area contributed by atoms with Gasteiger partial charge in [0.2, 0.25) is 0 Å². The molecule has 0 heterocycles. The minimum atomic E-state index is -0.258. The van der Waals surface area contributed by atoms with E-state index in [1.165, 1.54) is 37.8 Å². The molecule has 1 aromatic rings. The summed E-state index contributed by atoms with van der Waals surface area (Å²) in [6.07, 6.45) is 5.93. The second-order valence-corrected chi connectivity index (χ2v) is 5.68. The third kappa shape index (κ3) is 4.25. The fraction of sp³-hybridized carbons (Fsp3) is 0.600. The lowest BCUT2D eigenvalue weighted by Gasteiger charge is -2.17. The van der Waals surface area contributed by atoms with Gasteiger partial charge in [-0.1, -0.05) is 31.0 Å². The maximum atomic E-state index is 13.0. The molecular weight excluding hydrogens is 249 g/mol. The van der Waals surface area contributed by atoms with E-state index < -0.39 is 0 Å². The predicted octanol–water partition coefficient (Wildman–Crippen LogP) is 4.19. The topological polar surface area (TPSA) is 12.0 Å². The fourth-order valence-corrected chi connectivity index (χ4v) is 2.55. The van der Waals surface area contributed by atoms with E-state index in [0.717, 1.165) is 24.6 Å². The molecule has 3 heteroatoms. The van der Waals surface area contributed by atoms with Crippen LogP contribution < -0.4 is 5.32 Å². The van der Waals surface area contributed by atoms with Crippen LogP contribution in [0, 0.1) is 11.7 Å². The highest BCUT2D eigenvalue weighted by Gasteiger charge is 2.22. The van der Waals surface area contributed by atoms with Gasteiger partial charge in [-0.05, 0) is 55.8 Å². The highest BCUT2D eigenvalue weighted by molar-refractivity contribution is 6.31. The molecule has 1 aliphatic rings. The van der Waals surface area contributed by atoms with E-state index in [1.807, 2.05) is 6.07 Å². The molecule has 1 unspecified atom stereocenters. The summed E-state index contributed by atoms with van der Waals surface area (Å²) in [6, 6.07) is 5.47. The summed E-state index contributed by atoms with van der Waals surface area (Å²) in [5.74, 6) is 0.338. The lowest BCUT2D eigenvalue weighted by atomic mass is 9.95. The molecule has 1 aromatic carbocycles. The largest absolute Gasteiger partial charge is 0.314 e. The summed E-state index contributed by atoms with van der Waals surface area (Å²) in [5, 5.41) is 4.13. The van der Waals surface area contributed by atoms with Gasteiger partial charge in [-0.2, -0.15) is 0 Å². The maximum Gasteiger partial charge on any atom is 0.124 e. The second kappa shape index (κ2) is 6.53. The lowest BCUT2D eigenvalue weighted by Crippen LogP contribution is -2.26. The van der Waals surface area contributed by atoms with E-state index in [0.29, 0.717) is 10.9 Å². The molecule has 0 bridgehead atoms. The highest BCUT2D eigenvalue weighted by atomic mass is 35.5. The van der Waals surface area contributed by atoms with Crippen LogP contribution in [0.15, 0.2) is 18.2 Å². The molecule has 0 aromatic heterocycles.